The van der Waals surface area contributed by atoms with Crippen LogP contribution in [0.3, 0.4) is 0 Å². The first-order valence-electron chi connectivity index (χ1n) is 4.88. The molecule has 1 atom stereocenters. The molecule has 0 fully saturated rings. The van der Waals surface area contributed by atoms with Gasteiger partial charge in [-0.3, -0.25) is 4.79 Å². The van der Waals surface area contributed by atoms with Crippen molar-refractivity contribution in [3.8, 4) is 0 Å². The van der Waals surface area contributed by atoms with Crippen molar-refractivity contribution in [2.75, 3.05) is 7.05 Å². The predicted octanol–water partition coefficient (Wildman–Crippen LogP) is 2.30. The molecular formula is C11H21NO. The van der Waals surface area contributed by atoms with Gasteiger partial charge in [-0.15, -0.1) is 0 Å². The van der Waals surface area contributed by atoms with E-state index in [1.165, 1.54) is 0 Å². The van der Waals surface area contributed by atoms with Gasteiger partial charge in [0.1, 0.15) is 5.78 Å². The van der Waals surface area contributed by atoms with E-state index >= 15 is 0 Å². The van der Waals surface area contributed by atoms with E-state index in [4.69, 9.17) is 0 Å². The smallest absolute Gasteiger partial charge is 0.149 e. The van der Waals surface area contributed by atoms with Gasteiger partial charge in [-0.2, -0.15) is 0 Å². The SMILES string of the molecule is C/C=C\CCCC(C)(NC)C(C)=O. The van der Waals surface area contributed by atoms with E-state index in [2.05, 4.69) is 11.4 Å². The van der Waals surface area contributed by atoms with Crippen LogP contribution in [-0.4, -0.2) is 18.4 Å². The molecule has 1 N–H and O–H groups in total. The largest absolute Gasteiger partial charge is 0.308 e. The van der Waals surface area contributed by atoms with Crippen LogP contribution in [0.2, 0.25) is 0 Å². The summed E-state index contributed by atoms with van der Waals surface area (Å²) in [5.74, 6) is 0.218. The first-order chi connectivity index (χ1) is 6.06. The second kappa shape index (κ2) is 5.92. The van der Waals surface area contributed by atoms with Crippen molar-refractivity contribution in [1.82, 2.24) is 5.32 Å². The summed E-state index contributed by atoms with van der Waals surface area (Å²) in [4.78, 5) is 11.3. The number of likely N-dealkylation sites (N-methyl/N-ethyl adjacent to an activating group) is 1. The van der Waals surface area contributed by atoms with Gasteiger partial charge in [0.15, 0.2) is 0 Å². The third-order valence-corrected chi connectivity index (χ3v) is 2.61. The minimum absolute atomic E-state index is 0.218. The van der Waals surface area contributed by atoms with Crippen LogP contribution in [0.15, 0.2) is 12.2 Å². The number of hydrogen-bond donors (Lipinski definition) is 1. The van der Waals surface area contributed by atoms with Gasteiger partial charge in [0.25, 0.3) is 0 Å². The summed E-state index contributed by atoms with van der Waals surface area (Å²) >= 11 is 0. The van der Waals surface area contributed by atoms with Gasteiger partial charge in [0.05, 0.1) is 5.54 Å². The summed E-state index contributed by atoms with van der Waals surface area (Å²) in [5, 5.41) is 3.08. The summed E-state index contributed by atoms with van der Waals surface area (Å²) in [6.45, 7) is 5.62. The van der Waals surface area contributed by atoms with Gasteiger partial charge in [0, 0.05) is 0 Å². The van der Waals surface area contributed by atoms with Crippen LogP contribution in [-0.2, 0) is 4.79 Å². The van der Waals surface area contributed by atoms with Crippen molar-refractivity contribution >= 4 is 5.78 Å². The summed E-state index contributed by atoms with van der Waals surface area (Å²) in [6.07, 6.45) is 7.20. The maximum Gasteiger partial charge on any atom is 0.149 e. The number of ketones is 1. The molecular weight excluding hydrogens is 162 g/mol. The van der Waals surface area contributed by atoms with E-state index in [-0.39, 0.29) is 11.3 Å². The van der Waals surface area contributed by atoms with Gasteiger partial charge < -0.3 is 5.32 Å². The molecule has 13 heavy (non-hydrogen) atoms. The Kier molecular flexibility index (Phi) is 5.63. The quantitative estimate of drug-likeness (QED) is 0.505. The third kappa shape index (κ3) is 4.23. The van der Waals surface area contributed by atoms with E-state index in [1.807, 2.05) is 27.0 Å². The minimum atomic E-state index is -0.332. The van der Waals surface area contributed by atoms with Crippen LogP contribution in [0.25, 0.3) is 0 Å². The number of nitrogens with one attached hydrogen (secondary N) is 1. The molecule has 2 heteroatoms. The first-order valence-corrected chi connectivity index (χ1v) is 4.88. The van der Waals surface area contributed by atoms with Gasteiger partial charge >= 0.3 is 0 Å². The fourth-order valence-electron chi connectivity index (χ4n) is 1.22. The average molecular weight is 183 g/mol. The molecule has 76 valence electrons. The van der Waals surface area contributed by atoms with E-state index in [1.54, 1.807) is 6.92 Å². The normalized spacial score (nSPS) is 16.0. The maximum atomic E-state index is 11.3. The standard InChI is InChI=1S/C11H21NO/c1-5-6-7-8-9-11(3,12-4)10(2)13/h5-6,12H,7-9H2,1-4H3/b6-5-. The molecule has 0 saturated heterocycles. The van der Waals surface area contributed by atoms with E-state index in [0.717, 1.165) is 19.3 Å². The maximum absolute atomic E-state index is 11.3. The lowest BCUT2D eigenvalue weighted by molar-refractivity contribution is -0.122. The molecule has 0 aliphatic rings. The van der Waals surface area contributed by atoms with Crippen molar-refractivity contribution < 1.29 is 4.79 Å². The molecule has 0 aliphatic heterocycles. The zero-order valence-electron chi connectivity index (χ0n) is 9.18. The van der Waals surface area contributed by atoms with Gasteiger partial charge in [0.2, 0.25) is 0 Å². The van der Waals surface area contributed by atoms with Crippen LogP contribution in [0, 0.1) is 0 Å². The van der Waals surface area contributed by atoms with Crippen molar-refractivity contribution in [2.24, 2.45) is 0 Å². The molecule has 0 bridgehead atoms. The molecule has 0 radical (unpaired) electrons. The molecule has 0 aliphatic carbocycles. The highest BCUT2D eigenvalue weighted by Crippen LogP contribution is 2.14. The van der Waals surface area contributed by atoms with Crippen molar-refractivity contribution in [2.45, 2.75) is 45.6 Å². The number of hydrogen-bond acceptors (Lipinski definition) is 2. The molecule has 0 saturated carbocycles. The fourth-order valence-corrected chi connectivity index (χ4v) is 1.22. The van der Waals surface area contributed by atoms with Crippen molar-refractivity contribution in [1.29, 1.82) is 0 Å². The Morgan fingerprint density at radius 2 is 2.15 bits per heavy atom. The summed E-state index contributed by atoms with van der Waals surface area (Å²) in [6, 6.07) is 0. The first kappa shape index (κ1) is 12.4. The number of allylic oxidation sites excluding steroid dienone is 2. The summed E-state index contributed by atoms with van der Waals surface area (Å²) < 4.78 is 0. The molecule has 0 spiro atoms. The molecule has 0 aromatic rings. The Hall–Kier alpha value is -0.630. The lowest BCUT2D eigenvalue weighted by atomic mass is 9.91. The van der Waals surface area contributed by atoms with Crippen molar-refractivity contribution in [3.05, 3.63) is 12.2 Å². The highest BCUT2D eigenvalue weighted by atomic mass is 16.1. The summed E-state index contributed by atoms with van der Waals surface area (Å²) in [7, 11) is 1.84. The van der Waals surface area contributed by atoms with Gasteiger partial charge in [-0.25, -0.2) is 0 Å². The molecule has 2 nitrogen and oxygen atoms in total. The molecule has 0 heterocycles. The van der Waals surface area contributed by atoms with Crippen LogP contribution in [0.1, 0.15) is 40.0 Å². The second-order valence-electron chi connectivity index (χ2n) is 3.60. The van der Waals surface area contributed by atoms with E-state index < -0.39 is 0 Å². The zero-order chi connectivity index (χ0) is 10.3. The van der Waals surface area contributed by atoms with Crippen LogP contribution in [0.4, 0.5) is 0 Å². The lowest BCUT2D eigenvalue weighted by Crippen LogP contribution is -2.46. The lowest BCUT2D eigenvalue weighted by Gasteiger charge is -2.25. The van der Waals surface area contributed by atoms with Crippen LogP contribution < -0.4 is 5.32 Å². The minimum Gasteiger partial charge on any atom is -0.308 e. The zero-order valence-corrected chi connectivity index (χ0v) is 9.18. The predicted molar refractivity (Wildman–Crippen MR) is 56.8 cm³/mol. The topological polar surface area (TPSA) is 29.1 Å². The third-order valence-electron chi connectivity index (χ3n) is 2.61. The second-order valence-corrected chi connectivity index (χ2v) is 3.60. The Morgan fingerprint density at radius 1 is 1.54 bits per heavy atom. The summed E-state index contributed by atoms with van der Waals surface area (Å²) in [5.41, 5.74) is -0.332. The average Bonchev–Trinajstić information content (AvgIpc) is 2.12. The number of unbranched alkanes of at least 4 members (excludes halogenated alkanes) is 1. The molecule has 0 rings (SSSR count). The highest BCUT2D eigenvalue weighted by molar-refractivity contribution is 5.85. The number of rotatable bonds is 6. The molecule has 0 amide bonds. The number of carbonyl (C=O) groups excluding carboxylic acids is 1. The van der Waals surface area contributed by atoms with Crippen LogP contribution >= 0.6 is 0 Å². The Balaban J connectivity index is 3.91. The fraction of sp³-hybridized carbons (Fsp3) is 0.727. The Labute approximate surface area is 81.4 Å². The van der Waals surface area contributed by atoms with Crippen molar-refractivity contribution in [3.63, 3.8) is 0 Å². The monoisotopic (exact) mass is 183 g/mol. The molecule has 1 unspecified atom stereocenters. The number of carbonyl (C=O) groups is 1. The van der Waals surface area contributed by atoms with E-state index in [9.17, 15) is 4.79 Å². The van der Waals surface area contributed by atoms with Crippen LogP contribution in [0.5, 0.6) is 0 Å². The highest BCUT2D eigenvalue weighted by Gasteiger charge is 2.26. The Morgan fingerprint density at radius 3 is 2.54 bits per heavy atom. The number of Topliss-reactive ketones (excluding diaryl/α,β-unsaturated/α-hetero) is 1. The Bertz CT molecular complexity index is 187. The molecule has 0 aromatic carbocycles. The molecule has 0 aromatic heterocycles. The van der Waals surface area contributed by atoms with Gasteiger partial charge in [-0.05, 0) is 47.1 Å². The van der Waals surface area contributed by atoms with Gasteiger partial charge in [-0.1, -0.05) is 12.2 Å². The van der Waals surface area contributed by atoms with E-state index in [0.29, 0.717) is 0 Å².